The maximum Gasteiger partial charge on any atom is 0.125 e. The number of rotatable bonds is 4. The topological polar surface area (TPSA) is 29.5 Å². The summed E-state index contributed by atoms with van der Waals surface area (Å²) in [5.74, 6) is 0.743. The van der Waals surface area contributed by atoms with Crippen LogP contribution in [0.25, 0.3) is 0 Å². The Morgan fingerprint density at radius 3 is 2.71 bits per heavy atom. The number of hydrogen-bond acceptors (Lipinski definition) is 3. The van der Waals surface area contributed by atoms with Gasteiger partial charge < -0.3 is 9.84 Å². The van der Waals surface area contributed by atoms with Gasteiger partial charge in [-0.3, -0.25) is 0 Å². The number of ether oxygens (including phenoxy) is 1. The van der Waals surface area contributed by atoms with Crippen LogP contribution in [0.2, 0.25) is 0 Å². The predicted octanol–water partition coefficient (Wildman–Crippen LogP) is 4.14. The number of halogens is 1. The van der Waals surface area contributed by atoms with Crippen molar-refractivity contribution in [1.82, 2.24) is 0 Å². The molecule has 0 bridgehead atoms. The third-order valence-corrected chi connectivity index (χ3v) is 3.97. The Labute approximate surface area is 113 Å². The van der Waals surface area contributed by atoms with E-state index in [9.17, 15) is 5.11 Å². The summed E-state index contributed by atoms with van der Waals surface area (Å²) in [6.07, 6.45) is -0.513. The van der Waals surface area contributed by atoms with E-state index in [2.05, 4.69) is 15.9 Å². The summed E-state index contributed by atoms with van der Waals surface area (Å²) in [4.78, 5) is 1.15. The first-order chi connectivity index (χ1) is 8.16. The smallest absolute Gasteiger partial charge is 0.125 e. The first-order valence-corrected chi connectivity index (χ1v) is 6.92. The van der Waals surface area contributed by atoms with Gasteiger partial charge in [0.1, 0.15) is 12.4 Å². The molecule has 0 saturated carbocycles. The fourth-order valence-electron chi connectivity index (χ4n) is 1.54. The minimum Gasteiger partial charge on any atom is -0.488 e. The van der Waals surface area contributed by atoms with Crippen molar-refractivity contribution < 1.29 is 9.84 Å². The second-order valence-electron chi connectivity index (χ2n) is 3.71. The number of hydrogen-bond donors (Lipinski definition) is 1. The predicted molar refractivity (Wildman–Crippen MR) is 73.4 cm³/mol. The van der Waals surface area contributed by atoms with Gasteiger partial charge in [0, 0.05) is 10.4 Å². The highest BCUT2D eigenvalue weighted by Crippen LogP contribution is 2.27. The van der Waals surface area contributed by atoms with Crippen LogP contribution >= 0.6 is 27.3 Å². The minimum absolute atomic E-state index is 0.513. The van der Waals surface area contributed by atoms with Crippen LogP contribution in [0.1, 0.15) is 23.5 Å². The van der Waals surface area contributed by atoms with Crippen LogP contribution in [0.4, 0.5) is 0 Å². The molecule has 0 aliphatic heterocycles. The van der Waals surface area contributed by atoms with Gasteiger partial charge in [-0.2, -0.15) is 0 Å². The molecular weight excluding hydrogens is 300 g/mol. The third-order valence-electron chi connectivity index (χ3n) is 2.37. The third kappa shape index (κ3) is 3.31. The van der Waals surface area contributed by atoms with Crippen molar-refractivity contribution in [3.05, 3.63) is 50.6 Å². The highest BCUT2D eigenvalue weighted by Gasteiger charge is 2.08. The standard InChI is InChI=1S/C13H13BrO2S/c1-9(15)11-4-2-3-5-12(11)16-8-10-6-7-13(14)17-10/h2-7,9,15H,8H2,1H3/t9-/m0/s1. The Kier molecular flexibility index (Phi) is 4.20. The van der Waals surface area contributed by atoms with Crippen LogP contribution in [0.15, 0.2) is 40.2 Å². The van der Waals surface area contributed by atoms with Crippen LogP contribution in [0.3, 0.4) is 0 Å². The molecule has 0 fully saturated rings. The van der Waals surface area contributed by atoms with E-state index in [1.54, 1.807) is 18.3 Å². The highest BCUT2D eigenvalue weighted by atomic mass is 79.9. The van der Waals surface area contributed by atoms with E-state index in [4.69, 9.17) is 4.74 Å². The second kappa shape index (κ2) is 5.67. The number of aliphatic hydroxyl groups is 1. The molecule has 4 heteroatoms. The molecule has 1 heterocycles. The molecule has 0 unspecified atom stereocenters. The van der Waals surface area contributed by atoms with E-state index < -0.39 is 6.10 Å². The Hall–Kier alpha value is -0.840. The van der Waals surface area contributed by atoms with Crippen LogP contribution < -0.4 is 4.74 Å². The lowest BCUT2D eigenvalue weighted by atomic mass is 10.1. The van der Waals surface area contributed by atoms with Gasteiger partial charge >= 0.3 is 0 Å². The molecule has 90 valence electrons. The van der Waals surface area contributed by atoms with Crippen LogP contribution in [0.5, 0.6) is 5.75 Å². The Morgan fingerprint density at radius 2 is 2.06 bits per heavy atom. The lowest BCUT2D eigenvalue weighted by Gasteiger charge is -2.12. The summed E-state index contributed by atoms with van der Waals surface area (Å²) in [6.45, 7) is 2.27. The SMILES string of the molecule is C[C@H](O)c1ccccc1OCc1ccc(Br)s1. The summed E-state index contributed by atoms with van der Waals surface area (Å²) in [5, 5.41) is 9.62. The maximum atomic E-state index is 9.62. The van der Waals surface area contributed by atoms with E-state index >= 15 is 0 Å². The Morgan fingerprint density at radius 1 is 1.29 bits per heavy atom. The molecule has 2 aromatic rings. The summed E-state index contributed by atoms with van der Waals surface area (Å²) in [5.41, 5.74) is 0.822. The van der Waals surface area contributed by atoms with Gasteiger partial charge in [-0.15, -0.1) is 11.3 Å². The van der Waals surface area contributed by atoms with Crippen molar-refractivity contribution in [2.75, 3.05) is 0 Å². The van der Waals surface area contributed by atoms with Crippen molar-refractivity contribution in [2.24, 2.45) is 0 Å². The summed E-state index contributed by atoms with van der Waals surface area (Å²) < 4.78 is 6.82. The number of aliphatic hydroxyl groups excluding tert-OH is 1. The van der Waals surface area contributed by atoms with Crippen LogP contribution in [-0.2, 0) is 6.61 Å². The van der Waals surface area contributed by atoms with Crippen molar-refractivity contribution in [3.8, 4) is 5.75 Å². The molecule has 2 nitrogen and oxygen atoms in total. The molecule has 1 atom stereocenters. The second-order valence-corrected chi connectivity index (χ2v) is 6.26. The van der Waals surface area contributed by atoms with E-state index in [0.717, 1.165) is 20.0 Å². The largest absolute Gasteiger partial charge is 0.488 e. The van der Waals surface area contributed by atoms with Crippen molar-refractivity contribution >= 4 is 27.3 Å². The molecule has 0 aliphatic carbocycles. The number of para-hydroxylation sites is 1. The van der Waals surface area contributed by atoms with E-state index in [1.165, 1.54) is 0 Å². The first kappa shape index (κ1) is 12.6. The van der Waals surface area contributed by atoms with E-state index in [0.29, 0.717) is 6.61 Å². The van der Waals surface area contributed by atoms with Crippen LogP contribution in [-0.4, -0.2) is 5.11 Å². The molecule has 0 aliphatic rings. The lowest BCUT2D eigenvalue weighted by molar-refractivity contribution is 0.190. The average Bonchev–Trinajstić information content (AvgIpc) is 2.73. The fraction of sp³-hybridized carbons (Fsp3) is 0.231. The monoisotopic (exact) mass is 312 g/mol. The van der Waals surface area contributed by atoms with Gasteiger partial charge in [-0.1, -0.05) is 18.2 Å². The molecule has 17 heavy (non-hydrogen) atoms. The van der Waals surface area contributed by atoms with Gasteiger partial charge in [0.05, 0.1) is 9.89 Å². The van der Waals surface area contributed by atoms with Crippen molar-refractivity contribution in [1.29, 1.82) is 0 Å². The van der Waals surface area contributed by atoms with Crippen LogP contribution in [0, 0.1) is 0 Å². The zero-order valence-electron chi connectivity index (χ0n) is 9.39. The normalized spacial score (nSPS) is 12.4. The summed E-state index contributed by atoms with van der Waals surface area (Å²) in [6, 6.07) is 11.6. The zero-order chi connectivity index (χ0) is 12.3. The summed E-state index contributed by atoms with van der Waals surface area (Å²) >= 11 is 5.07. The fourth-order valence-corrected chi connectivity index (χ4v) is 2.93. The average molecular weight is 313 g/mol. The quantitative estimate of drug-likeness (QED) is 0.919. The van der Waals surface area contributed by atoms with Gasteiger partial charge in [0.2, 0.25) is 0 Å². The molecule has 1 N–H and O–H groups in total. The summed E-state index contributed by atoms with van der Waals surface area (Å²) in [7, 11) is 0. The molecule has 0 saturated heterocycles. The van der Waals surface area contributed by atoms with Gasteiger partial charge in [-0.05, 0) is 41.1 Å². The Bertz CT molecular complexity index is 494. The maximum absolute atomic E-state index is 9.62. The van der Waals surface area contributed by atoms with Gasteiger partial charge in [0.25, 0.3) is 0 Å². The molecular formula is C13H13BrO2S. The lowest BCUT2D eigenvalue weighted by Crippen LogP contribution is -1.99. The molecule has 0 spiro atoms. The minimum atomic E-state index is -0.513. The number of benzene rings is 1. The van der Waals surface area contributed by atoms with Gasteiger partial charge in [-0.25, -0.2) is 0 Å². The Balaban J connectivity index is 2.08. The molecule has 2 rings (SSSR count). The molecule has 1 aromatic heterocycles. The van der Waals surface area contributed by atoms with E-state index in [1.807, 2.05) is 36.4 Å². The molecule has 0 amide bonds. The van der Waals surface area contributed by atoms with Crippen molar-refractivity contribution in [2.45, 2.75) is 19.6 Å². The number of thiophene rings is 1. The van der Waals surface area contributed by atoms with Gasteiger partial charge in [0.15, 0.2) is 0 Å². The zero-order valence-corrected chi connectivity index (χ0v) is 11.8. The van der Waals surface area contributed by atoms with E-state index in [-0.39, 0.29) is 0 Å². The molecule has 1 aromatic carbocycles. The first-order valence-electron chi connectivity index (χ1n) is 5.31. The van der Waals surface area contributed by atoms with Crippen molar-refractivity contribution in [3.63, 3.8) is 0 Å². The highest BCUT2D eigenvalue weighted by molar-refractivity contribution is 9.11. The molecule has 0 radical (unpaired) electrons.